The molecule has 0 unspecified atom stereocenters. The number of carbonyl (C=O) groups is 1. The third-order valence-corrected chi connectivity index (χ3v) is 4.12. The Morgan fingerprint density at radius 2 is 2.05 bits per heavy atom. The lowest BCUT2D eigenvalue weighted by molar-refractivity contribution is -0.115. The lowest BCUT2D eigenvalue weighted by atomic mass is 10.1. The first-order valence-corrected chi connectivity index (χ1v) is 7.24. The number of nitrogens with zero attached hydrogens (tertiary/aromatic N) is 1. The first kappa shape index (κ1) is 12.8. The van der Waals surface area contributed by atoms with E-state index in [2.05, 4.69) is 24.2 Å². The molecule has 0 atom stereocenters. The molecule has 0 fully saturated rings. The van der Waals surface area contributed by atoms with Crippen LogP contribution in [-0.4, -0.2) is 11.7 Å². The Morgan fingerprint density at radius 1 is 1.20 bits per heavy atom. The van der Waals surface area contributed by atoms with Gasteiger partial charge in [0.05, 0.1) is 0 Å². The Bertz CT molecular complexity index is 727. The number of rotatable bonds is 2. The topological polar surface area (TPSA) is 41.5 Å². The molecule has 0 bridgehead atoms. The van der Waals surface area contributed by atoms with E-state index in [1.165, 1.54) is 11.1 Å². The van der Waals surface area contributed by atoms with Crippen LogP contribution in [-0.2, 0) is 4.79 Å². The van der Waals surface area contributed by atoms with Crippen LogP contribution in [0.25, 0.3) is 6.08 Å². The monoisotopic (exact) mass is 282 g/mol. The molecular formula is C16H14N2OS. The zero-order valence-corrected chi connectivity index (χ0v) is 12.1. The SMILES string of the molecule is Cc1ccc(C2=N/C(=C/c3cccs3)C(=O)N2)cc1C. The summed E-state index contributed by atoms with van der Waals surface area (Å²) >= 11 is 1.59. The number of thiophene rings is 1. The predicted molar refractivity (Wildman–Crippen MR) is 82.9 cm³/mol. The standard InChI is InChI=1S/C16H14N2OS/c1-10-5-6-12(8-11(10)2)15-17-14(16(19)18-15)9-13-4-3-7-20-13/h3-9H,1-2H3,(H,17,18,19)/b14-9+. The second kappa shape index (κ2) is 5.06. The number of aryl methyl sites for hydroxylation is 2. The molecule has 0 saturated carbocycles. The van der Waals surface area contributed by atoms with Gasteiger partial charge in [-0.3, -0.25) is 4.79 Å². The summed E-state index contributed by atoms with van der Waals surface area (Å²) in [4.78, 5) is 17.4. The molecule has 0 aliphatic carbocycles. The summed E-state index contributed by atoms with van der Waals surface area (Å²) in [5.74, 6) is 0.479. The molecule has 1 aliphatic heterocycles. The summed E-state index contributed by atoms with van der Waals surface area (Å²) < 4.78 is 0. The fraction of sp³-hybridized carbons (Fsp3) is 0.125. The predicted octanol–water partition coefficient (Wildman–Crippen LogP) is 3.28. The number of nitrogens with one attached hydrogen (secondary N) is 1. The van der Waals surface area contributed by atoms with Crippen LogP contribution >= 0.6 is 11.3 Å². The molecule has 1 aromatic carbocycles. The van der Waals surface area contributed by atoms with Gasteiger partial charge >= 0.3 is 0 Å². The van der Waals surface area contributed by atoms with Gasteiger partial charge in [-0.25, -0.2) is 4.99 Å². The van der Waals surface area contributed by atoms with Crippen molar-refractivity contribution in [2.45, 2.75) is 13.8 Å². The highest BCUT2D eigenvalue weighted by molar-refractivity contribution is 7.10. The van der Waals surface area contributed by atoms with Gasteiger partial charge in [-0.05, 0) is 48.6 Å². The number of amidine groups is 1. The summed E-state index contributed by atoms with van der Waals surface area (Å²) in [6, 6.07) is 9.99. The van der Waals surface area contributed by atoms with Crippen LogP contribution in [0.3, 0.4) is 0 Å². The molecule has 3 nitrogen and oxygen atoms in total. The van der Waals surface area contributed by atoms with Crippen LogP contribution in [0.2, 0.25) is 0 Å². The van der Waals surface area contributed by atoms with Crippen LogP contribution in [0.15, 0.2) is 46.4 Å². The van der Waals surface area contributed by atoms with Crippen LogP contribution in [0, 0.1) is 13.8 Å². The maximum absolute atomic E-state index is 11.9. The normalized spacial score (nSPS) is 16.4. The van der Waals surface area contributed by atoms with Gasteiger partial charge in [0.2, 0.25) is 0 Å². The molecule has 1 aromatic heterocycles. The lowest BCUT2D eigenvalue weighted by Gasteiger charge is -2.04. The van der Waals surface area contributed by atoms with Crippen molar-refractivity contribution in [3.8, 4) is 0 Å². The molecule has 20 heavy (non-hydrogen) atoms. The van der Waals surface area contributed by atoms with E-state index in [1.54, 1.807) is 11.3 Å². The van der Waals surface area contributed by atoms with E-state index in [0.29, 0.717) is 11.5 Å². The first-order chi connectivity index (χ1) is 9.63. The number of hydrogen-bond donors (Lipinski definition) is 1. The number of aliphatic imine (C=N–C) groups is 1. The van der Waals surface area contributed by atoms with Crippen LogP contribution in [0.5, 0.6) is 0 Å². The Balaban J connectivity index is 1.96. The fourth-order valence-electron chi connectivity index (χ4n) is 2.00. The average Bonchev–Trinajstić information content (AvgIpc) is 3.04. The van der Waals surface area contributed by atoms with E-state index in [1.807, 2.05) is 41.8 Å². The number of carbonyl (C=O) groups excluding carboxylic acids is 1. The number of amides is 1. The smallest absolute Gasteiger partial charge is 0.275 e. The van der Waals surface area contributed by atoms with Gasteiger partial charge in [-0.1, -0.05) is 18.2 Å². The van der Waals surface area contributed by atoms with E-state index < -0.39 is 0 Å². The van der Waals surface area contributed by atoms with Gasteiger partial charge in [0.1, 0.15) is 11.5 Å². The Kier molecular flexibility index (Phi) is 3.24. The van der Waals surface area contributed by atoms with Crippen molar-refractivity contribution in [3.63, 3.8) is 0 Å². The Morgan fingerprint density at radius 3 is 2.75 bits per heavy atom. The second-order valence-electron chi connectivity index (χ2n) is 4.76. The van der Waals surface area contributed by atoms with E-state index in [-0.39, 0.29) is 5.91 Å². The maximum atomic E-state index is 11.9. The summed E-state index contributed by atoms with van der Waals surface area (Å²) in [5, 5.41) is 4.81. The highest BCUT2D eigenvalue weighted by Gasteiger charge is 2.21. The highest BCUT2D eigenvalue weighted by atomic mass is 32.1. The van der Waals surface area contributed by atoms with Crippen LogP contribution in [0.1, 0.15) is 21.6 Å². The van der Waals surface area contributed by atoms with E-state index in [4.69, 9.17) is 0 Å². The molecular weight excluding hydrogens is 268 g/mol. The molecule has 1 aliphatic rings. The first-order valence-electron chi connectivity index (χ1n) is 6.36. The lowest BCUT2D eigenvalue weighted by Crippen LogP contribution is -2.24. The summed E-state index contributed by atoms with van der Waals surface area (Å²) in [5.41, 5.74) is 3.82. The van der Waals surface area contributed by atoms with Crippen molar-refractivity contribution in [2.75, 3.05) is 0 Å². The molecule has 0 saturated heterocycles. The molecule has 0 spiro atoms. The van der Waals surface area contributed by atoms with Crippen molar-refractivity contribution in [3.05, 3.63) is 63.0 Å². The van der Waals surface area contributed by atoms with Crippen molar-refractivity contribution < 1.29 is 4.79 Å². The van der Waals surface area contributed by atoms with Crippen molar-refractivity contribution in [1.29, 1.82) is 0 Å². The summed E-state index contributed by atoms with van der Waals surface area (Å²) in [6.45, 7) is 4.12. The minimum absolute atomic E-state index is 0.147. The zero-order chi connectivity index (χ0) is 14.1. The second-order valence-corrected chi connectivity index (χ2v) is 5.74. The van der Waals surface area contributed by atoms with Gasteiger partial charge in [0.15, 0.2) is 0 Å². The highest BCUT2D eigenvalue weighted by Crippen LogP contribution is 2.19. The van der Waals surface area contributed by atoms with Crippen molar-refractivity contribution in [1.82, 2.24) is 5.32 Å². The van der Waals surface area contributed by atoms with Gasteiger partial charge in [0, 0.05) is 10.4 Å². The maximum Gasteiger partial charge on any atom is 0.275 e. The van der Waals surface area contributed by atoms with E-state index >= 15 is 0 Å². The van der Waals surface area contributed by atoms with Gasteiger partial charge in [-0.2, -0.15) is 0 Å². The molecule has 4 heteroatoms. The number of benzene rings is 1. The molecule has 2 aromatic rings. The van der Waals surface area contributed by atoms with Crippen LogP contribution < -0.4 is 5.32 Å². The Labute approximate surface area is 121 Å². The molecule has 3 rings (SSSR count). The van der Waals surface area contributed by atoms with Gasteiger partial charge in [-0.15, -0.1) is 11.3 Å². The Hall–Kier alpha value is -2.20. The molecule has 1 N–H and O–H groups in total. The average molecular weight is 282 g/mol. The molecule has 1 amide bonds. The van der Waals surface area contributed by atoms with E-state index in [0.717, 1.165) is 10.4 Å². The van der Waals surface area contributed by atoms with Gasteiger partial charge < -0.3 is 5.32 Å². The number of hydrogen-bond acceptors (Lipinski definition) is 3. The largest absolute Gasteiger partial charge is 0.305 e. The third kappa shape index (κ3) is 2.42. The molecule has 0 radical (unpaired) electrons. The molecule has 2 heterocycles. The van der Waals surface area contributed by atoms with Gasteiger partial charge in [0.25, 0.3) is 5.91 Å². The van der Waals surface area contributed by atoms with Crippen molar-refractivity contribution in [2.24, 2.45) is 4.99 Å². The summed E-state index contributed by atoms with van der Waals surface area (Å²) in [6.07, 6.45) is 1.81. The minimum Gasteiger partial charge on any atom is -0.305 e. The van der Waals surface area contributed by atoms with Crippen LogP contribution in [0.4, 0.5) is 0 Å². The fourth-order valence-corrected chi connectivity index (χ4v) is 2.65. The van der Waals surface area contributed by atoms with Crippen molar-refractivity contribution >= 4 is 29.2 Å². The third-order valence-electron chi connectivity index (χ3n) is 3.30. The zero-order valence-electron chi connectivity index (χ0n) is 11.3. The quantitative estimate of drug-likeness (QED) is 0.844. The summed E-state index contributed by atoms with van der Waals surface area (Å²) in [7, 11) is 0. The van der Waals surface area contributed by atoms with E-state index in [9.17, 15) is 4.79 Å². The molecule has 100 valence electrons. The minimum atomic E-state index is -0.147.